The molecule has 0 atom stereocenters. The Bertz CT molecular complexity index is 1520. The number of rotatable bonds is 10. The molecule has 1 aromatic heterocycles. The number of furan rings is 1. The summed E-state index contributed by atoms with van der Waals surface area (Å²) in [5, 5.41) is 3.57. The number of hydrogen-bond donors (Lipinski definition) is 0. The number of benzene rings is 4. The van der Waals surface area contributed by atoms with Gasteiger partial charge in [0.05, 0.1) is 13.7 Å². The molecule has 0 unspecified atom stereocenters. The molecule has 0 fully saturated rings. The van der Waals surface area contributed by atoms with Gasteiger partial charge in [-0.2, -0.15) is 0 Å². The normalized spacial score (nSPS) is 11.1. The molecule has 4 aromatic carbocycles. The standard InChI is InChI=1S/C34H30O6P/c1-3-39-33(35)30-22-38-23-31(30)34(36)40-32-20-19-26(37-2)21-25(32)24-41(27-13-7-4-8-14-27,28-15-9-5-10-16-28)29-17-11-6-12-18-29/h4-23H,3,24H2,1-2H3/q+1. The maximum Gasteiger partial charge on any atom is 0.347 e. The summed E-state index contributed by atoms with van der Waals surface area (Å²) in [7, 11) is -0.703. The predicted molar refractivity (Wildman–Crippen MR) is 161 cm³/mol. The molecule has 0 spiro atoms. The van der Waals surface area contributed by atoms with Crippen LogP contribution in [0.1, 0.15) is 33.2 Å². The number of carbonyl (C=O) groups is 2. The van der Waals surface area contributed by atoms with Gasteiger partial charge in [0.2, 0.25) is 0 Å². The minimum Gasteiger partial charge on any atom is -0.497 e. The molecular formula is C34H30O6P+. The first-order valence-corrected chi connectivity index (χ1v) is 15.2. The Morgan fingerprint density at radius 2 is 1.22 bits per heavy atom. The highest BCUT2D eigenvalue weighted by Gasteiger charge is 2.46. The zero-order valence-corrected chi connectivity index (χ0v) is 23.8. The molecule has 6 nitrogen and oxygen atoms in total. The minimum atomic E-state index is -2.31. The Balaban J connectivity index is 1.64. The lowest BCUT2D eigenvalue weighted by Crippen LogP contribution is -2.32. The van der Waals surface area contributed by atoms with Crippen LogP contribution in [-0.4, -0.2) is 25.7 Å². The Hall–Kier alpha value is -4.67. The Morgan fingerprint density at radius 1 is 0.707 bits per heavy atom. The van der Waals surface area contributed by atoms with Crippen LogP contribution in [0.2, 0.25) is 0 Å². The molecule has 5 rings (SSSR count). The highest BCUT2D eigenvalue weighted by Crippen LogP contribution is 2.59. The minimum absolute atomic E-state index is 0.000422. The van der Waals surface area contributed by atoms with E-state index in [1.54, 1.807) is 26.2 Å². The zero-order chi connectivity index (χ0) is 28.7. The summed E-state index contributed by atoms with van der Waals surface area (Å²) in [5.74, 6) is -0.344. The molecule has 0 bridgehead atoms. The van der Waals surface area contributed by atoms with E-state index in [2.05, 4.69) is 72.8 Å². The van der Waals surface area contributed by atoms with Gasteiger partial charge in [0.15, 0.2) is 0 Å². The van der Waals surface area contributed by atoms with Crippen molar-refractivity contribution in [1.82, 2.24) is 0 Å². The summed E-state index contributed by atoms with van der Waals surface area (Å²) in [6.45, 7) is 1.87. The largest absolute Gasteiger partial charge is 0.497 e. The van der Waals surface area contributed by atoms with Gasteiger partial charge in [-0.3, -0.25) is 0 Å². The lowest BCUT2D eigenvalue weighted by Gasteiger charge is -2.28. The monoisotopic (exact) mass is 565 g/mol. The third kappa shape index (κ3) is 5.79. The topological polar surface area (TPSA) is 75.0 Å². The van der Waals surface area contributed by atoms with Crippen LogP contribution >= 0.6 is 7.26 Å². The molecule has 0 aliphatic heterocycles. The van der Waals surface area contributed by atoms with E-state index in [-0.39, 0.29) is 17.7 Å². The summed E-state index contributed by atoms with van der Waals surface area (Å²) in [4.78, 5) is 25.8. The molecule has 7 heteroatoms. The summed E-state index contributed by atoms with van der Waals surface area (Å²) in [5.41, 5.74) is 0.816. The van der Waals surface area contributed by atoms with Gasteiger partial charge in [-0.15, -0.1) is 0 Å². The number of carbonyl (C=O) groups excluding carboxylic acids is 2. The van der Waals surface area contributed by atoms with Gasteiger partial charge in [-0.25, -0.2) is 9.59 Å². The molecule has 0 saturated carbocycles. The van der Waals surface area contributed by atoms with Crippen molar-refractivity contribution in [2.24, 2.45) is 0 Å². The summed E-state index contributed by atoms with van der Waals surface area (Å²) in [6, 6.07) is 36.7. The molecule has 0 aliphatic carbocycles. The summed E-state index contributed by atoms with van der Waals surface area (Å²) in [6.07, 6.45) is 2.95. The van der Waals surface area contributed by atoms with Crippen LogP contribution in [0.5, 0.6) is 11.5 Å². The fraction of sp³-hybridized carbons (Fsp3) is 0.118. The number of hydrogen-bond acceptors (Lipinski definition) is 6. The Morgan fingerprint density at radius 3 is 1.71 bits per heavy atom. The second-order valence-electron chi connectivity index (χ2n) is 9.26. The van der Waals surface area contributed by atoms with Crippen LogP contribution in [0.25, 0.3) is 0 Å². The third-order valence-corrected chi connectivity index (χ3v) is 11.2. The highest BCUT2D eigenvalue weighted by atomic mass is 31.2. The average Bonchev–Trinajstić information content (AvgIpc) is 3.53. The maximum absolute atomic E-state index is 13.4. The van der Waals surface area contributed by atoms with Gasteiger partial charge in [0.1, 0.15) is 64.5 Å². The van der Waals surface area contributed by atoms with E-state index in [1.807, 2.05) is 24.3 Å². The maximum atomic E-state index is 13.4. The lowest BCUT2D eigenvalue weighted by molar-refractivity contribution is 0.0517. The third-order valence-electron chi connectivity index (χ3n) is 6.85. The molecule has 0 N–H and O–H groups in total. The van der Waals surface area contributed by atoms with Gasteiger partial charge in [-0.05, 0) is 61.5 Å². The van der Waals surface area contributed by atoms with Gasteiger partial charge in [0, 0.05) is 5.56 Å². The molecule has 206 valence electrons. The van der Waals surface area contributed by atoms with Crippen molar-refractivity contribution in [2.45, 2.75) is 13.1 Å². The number of methoxy groups -OCH3 is 1. The zero-order valence-electron chi connectivity index (χ0n) is 22.9. The Labute approximate surface area is 239 Å². The SMILES string of the molecule is CCOC(=O)c1cocc1C(=O)Oc1ccc(OC)cc1C[P+](c1ccccc1)(c1ccccc1)c1ccccc1. The van der Waals surface area contributed by atoms with Gasteiger partial charge in [-0.1, -0.05) is 54.6 Å². The van der Waals surface area contributed by atoms with Gasteiger partial charge in [0.25, 0.3) is 0 Å². The van der Waals surface area contributed by atoms with Crippen molar-refractivity contribution >= 4 is 35.1 Å². The summed E-state index contributed by atoms with van der Waals surface area (Å²) >= 11 is 0. The van der Waals surface area contributed by atoms with Crippen LogP contribution in [0.3, 0.4) is 0 Å². The van der Waals surface area contributed by atoms with Crippen molar-refractivity contribution in [3.8, 4) is 11.5 Å². The van der Waals surface area contributed by atoms with Crippen LogP contribution in [0.15, 0.2) is 126 Å². The van der Waals surface area contributed by atoms with E-state index in [9.17, 15) is 9.59 Å². The molecule has 41 heavy (non-hydrogen) atoms. The molecule has 1 heterocycles. The fourth-order valence-electron chi connectivity index (χ4n) is 4.91. The molecule has 0 saturated heterocycles. The fourth-order valence-corrected chi connectivity index (χ4v) is 9.15. The molecule has 0 aliphatic rings. The number of esters is 2. The quantitative estimate of drug-likeness (QED) is 0.114. The molecular weight excluding hydrogens is 535 g/mol. The van der Waals surface area contributed by atoms with Crippen molar-refractivity contribution in [2.75, 3.05) is 13.7 Å². The van der Waals surface area contributed by atoms with Crippen molar-refractivity contribution in [1.29, 1.82) is 0 Å². The van der Waals surface area contributed by atoms with E-state index in [1.165, 1.54) is 28.4 Å². The number of ether oxygens (including phenoxy) is 3. The van der Waals surface area contributed by atoms with Crippen molar-refractivity contribution in [3.05, 3.63) is 138 Å². The van der Waals surface area contributed by atoms with Crippen molar-refractivity contribution in [3.63, 3.8) is 0 Å². The van der Waals surface area contributed by atoms with E-state index >= 15 is 0 Å². The lowest BCUT2D eigenvalue weighted by atomic mass is 10.2. The first kappa shape index (κ1) is 27.9. The summed E-state index contributed by atoms with van der Waals surface area (Å²) < 4.78 is 21.8. The van der Waals surface area contributed by atoms with E-state index in [4.69, 9.17) is 18.6 Å². The van der Waals surface area contributed by atoms with Crippen LogP contribution in [-0.2, 0) is 10.9 Å². The first-order valence-electron chi connectivity index (χ1n) is 13.2. The van der Waals surface area contributed by atoms with E-state index in [0.29, 0.717) is 17.7 Å². The van der Waals surface area contributed by atoms with Gasteiger partial charge < -0.3 is 18.6 Å². The van der Waals surface area contributed by atoms with Crippen LogP contribution in [0, 0.1) is 0 Å². The first-order chi connectivity index (χ1) is 20.1. The molecule has 0 amide bonds. The smallest absolute Gasteiger partial charge is 0.347 e. The van der Waals surface area contributed by atoms with Gasteiger partial charge >= 0.3 is 11.9 Å². The van der Waals surface area contributed by atoms with E-state index < -0.39 is 19.2 Å². The second-order valence-corrected chi connectivity index (χ2v) is 12.7. The van der Waals surface area contributed by atoms with Crippen molar-refractivity contribution < 1.29 is 28.2 Å². The van der Waals surface area contributed by atoms with Crippen LogP contribution in [0.4, 0.5) is 0 Å². The predicted octanol–water partition coefficient (Wildman–Crippen LogP) is 6.18. The van der Waals surface area contributed by atoms with Crippen LogP contribution < -0.4 is 25.4 Å². The van der Waals surface area contributed by atoms with E-state index in [0.717, 1.165) is 5.56 Å². The highest BCUT2D eigenvalue weighted by molar-refractivity contribution is 7.95. The average molecular weight is 566 g/mol. The second kappa shape index (κ2) is 12.7. The molecule has 0 radical (unpaired) electrons. The Kier molecular flexibility index (Phi) is 8.61. The molecule has 5 aromatic rings.